The van der Waals surface area contributed by atoms with E-state index in [0.717, 1.165) is 23.1 Å². The molecule has 0 radical (unpaired) electrons. The molecule has 2 amide bonds. The summed E-state index contributed by atoms with van der Waals surface area (Å²) < 4.78 is 8.39. The van der Waals surface area contributed by atoms with Crippen molar-refractivity contribution in [3.8, 4) is 11.4 Å². The van der Waals surface area contributed by atoms with Crippen molar-refractivity contribution in [1.82, 2.24) is 14.3 Å². The third-order valence-corrected chi connectivity index (χ3v) is 7.39. The van der Waals surface area contributed by atoms with E-state index in [1.807, 2.05) is 60.7 Å². The number of para-hydroxylation sites is 1. The van der Waals surface area contributed by atoms with E-state index >= 15 is 0 Å². The number of carbonyl (C=O) groups excluding carboxylic acids is 2. The molecule has 1 N–H and O–H groups in total. The molecule has 1 aliphatic rings. The zero-order valence-electron chi connectivity index (χ0n) is 20.2. The van der Waals surface area contributed by atoms with Crippen molar-refractivity contribution in [2.75, 3.05) is 19.0 Å². The Bertz CT molecular complexity index is 1390. The summed E-state index contributed by atoms with van der Waals surface area (Å²) in [6.45, 7) is 2.10. The summed E-state index contributed by atoms with van der Waals surface area (Å²) in [5, 5.41) is 2.59. The van der Waals surface area contributed by atoms with Crippen LogP contribution in [0, 0.1) is 6.92 Å². The number of amides is 2. The molecule has 0 bridgehead atoms. The van der Waals surface area contributed by atoms with Gasteiger partial charge in [-0.1, -0.05) is 42.5 Å². The quantitative estimate of drug-likeness (QED) is 0.340. The number of carbonyl (C=O) groups is 2. The molecular formula is C26H26N4O4S2. The SMILES string of the molecule is COc1ccc(C=C2SC(=O)N(CCCC(=O)Nc3c(C)n(C)n(-c4ccccc4)c3=O)C2=S)cc1. The summed E-state index contributed by atoms with van der Waals surface area (Å²) in [7, 11) is 3.38. The molecule has 186 valence electrons. The highest BCUT2D eigenvalue weighted by molar-refractivity contribution is 8.19. The van der Waals surface area contributed by atoms with Gasteiger partial charge in [0.05, 0.1) is 23.4 Å². The van der Waals surface area contributed by atoms with Gasteiger partial charge in [-0.25, -0.2) is 4.68 Å². The number of hydrogen-bond donors (Lipinski definition) is 1. The molecule has 36 heavy (non-hydrogen) atoms. The van der Waals surface area contributed by atoms with Crippen LogP contribution in [0.1, 0.15) is 24.1 Å². The minimum absolute atomic E-state index is 0.147. The zero-order valence-corrected chi connectivity index (χ0v) is 21.8. The fourth-order valence-electron chi connectivity index (χ4n) is 3.86. The van der Waals surface area contributed by atoms with E-state index in [-0.39, 0.29) is 28.8 Å². The average Bonchev–Trinajstić information content (AvgIpc) is 3.26. The molecule has 4 rings (SSSR count). The number of thioether (sulfide) groups is 1. The highest BCUT2D eigenvalue weighted by atomic mass is 32.2. The number of anilines is 1. The van der Waals surface area contributed by atoms with E-state index in [1.54, 1.807) is 25.8 Å². The lowest BCUT2D eigenvalue weighted by molar-refractivity contribution is -0.116. The molecule has 3 aromatic rings. The van der Waals surface area contributed by atoms with Gasteiger partial charge in [-0.3, -0.25) is 24.0 Å². The molecule has 0 atom stereocenters. The van der Waals surface area contributed by atoms with E-state index in [9.17, 15) is 14.4 Å². The van der Waals surface area contributed by atoms with Crippen LogP contribution >= 0.6 is 24.0 Å². The number of aromatic nitrogens is 2. The monoisotopic (exact) mass is 522 g/mol. The van der Waals surface area contributed by atoms with E-state index in [2.05, 4.69) is 5.32 Å². The van der Waals surface area contributed by atoms with E-state index in [0.29, 0.717) is 34.2 Å². The molecule has 1 saturated heterocycles. The summed E-state index contributed by atoms with van der Waals surface area (Å²) in [5.41, 5.74) is 2.23. The second-order valence-corrected chi connectivity index (χ2v) is 9.57. The van der Waals surface area contributed by atoms with Crippen molar-refractivity contribution in [3.05, 3.63) is 81.1 Å². The molecule has 8 nitrogen and oxygen atoms in total. The highest BCUT2D eigenvalue weighted by Gasteiger charge is 2.31. The van der Waals surface area contributed by atoms with Crippen LogP contribution < -0.4 is 15.6 Å². The first-order chi connectivity index (χ1) is 17.3. The topological polar surface area (TPSA) is 85.6 Å². The largest absolute Gasteiger partial charge is 0.497 e. The first-order valence-electron chi connectivity index (χ1n) is 11.3. The summed E-state index contributed by atoms with van der Waals surface area (Å²) >= 11 is 6.59. The van der Waals surface area contributed by atoms with Crippen molar-refractivity contribution in [3.63, 3.8) is 0 Å². The molecule has 0 saturated carbocycles. The van der Waals surface area contributed by atoms with Gasteiger partial charge in [0.15, 0.2) is 0 Å². The number of rotatable bonds is 8. The zero-order chi connectivity index (χ0) is 25.8. The van der Waals surface area contributed by atoms with Crippen LogP contribution in [0.5, 0.6) is 5.75 Å². The Labute approximate surface area is 218 Å². The van der Waals surface area contributed by atoms with Crippen molar-refractivity contribution in [2.45, 2.75) is 19.8 Å². The maximum absolute atomic E-state index is 13.0. The molecule has 2 aromatic carbocycles. The Kier molecular flexibility index (Phi) is 7.76. The molecule has 10 heteroatoms. The second-order valence-electron chi connectivity index (χ2n) is 8.19. The first-order valence-corrected chi connectivity index (χ1v) is 12.6. The van der Waals surface area contributed by atoms with Crippen LogP contribution in [0.4, 0.5) is 10.5 Å². The van der Waals surface area contributed by atoms with Crippen LogP contribution in [0.2, 0.25) is 0 Å². The predicted molar refractivity (Wildman–Crippen MR) is 147 cm³/mol. The number of nitrogens with zero attached hydrogens (tertiary/aromatic N) is 3. The van der Waals surface area contributed by atoms with Gasteiger partial charge in [-0.2, -0.15) is 0 Å². The van der Waals surface area contributed by atoms with Crippen LogP contribution in [-0.2, 0) is 11.8 Å². The van der Waals surface area contributed by atoms with Gasteiger partial charge in [0.25, 0.3) is 10.8 Å². The summed E-state index contributed by atoms with van der Waals surface area (Å²) in [6, 6.07) is 16.7. The van der Waals surface area contributed by atoms with E-state index in [1.165, 1.54) is 9.58 Å². The predicted octanol–water partition coefficient (Wildman–Crippen LogP) is 4.75. The Balaban J connectivity index is 1.36. The molecule has 0 spiro atoms. The summed E-state index contributed by atoms with van der Waals surface area (Å²) in [4.78, 5) is 40.8. The molecule has 2 heterocycles. The maximum atomic E-state index is 13.0. The van der Waals surface area contributed by atoms with Crippen molar-refractivity contribution in [1.29, 1.82) is 0 Å². The number of thiocarbonyl (C=S) groups is 1. The van der Waals surface area contributed by atoms with Gasteiger partial charge < -0.3 is 10.1 Å². The number of benzene rings is 2. The molecule has 0 unspecified atom stereocenters. The van der Waals surface area contributed by atoms with Crippen molar-refractivity contribution < 1.29 is 14.3 Å². The fraction of sp³-hybridized carbons (Fsp3) is 0.231. The first kappa shape index (κ1) is 25.5. The Morgan fingerprint density at radius 3 is 2.47 bits per heavy atom. The Hall–Kier alpha value is -3.63. The minimum atomic E-state index is -0.296. The maximum Gasteiger partial charge on any atom is 0.295 e. The van der Waals surface area contributed by atoms with Crippen LogP contribution in [0.3, 0.4) is 0 Å². The molecular weight excluding hydrogens is 496 g/mol. The molecule has 1 aliphatic heterocycles. The number of hydrogen-bond acceptors (Lipinski definition) is 6. The third kappa shape index (κ3) is 5.29. The van der Waals surface area contributed by atoms with E-state index < -0.39 is 0 Å². The lowest BCUT2D eigenvalue weighted by Crippen LogP contribution is -2.29. The van der Waals surface area contributed by atoms with Crippen molar-refractivity contribution in [2.24, 2.45) is 7.05 Å². The number of ether oxygens (including phenoxy) is 1. The highest BCUT2D eigenvalue weighted by Crippen LogP contribution is 2.33. The summed E-state index contributed by atoms with van der Waals surface area (Å²) in [6.07, 6.45) is 2.42. The number of methoxy groups -OCH3 is 1. The van der Waals surface area contributed by atoms with E-state index in [4.69, 9.17) is 17.0 Å². The molecule has 0 aliphatic carbocycles. The normalized spacial score (nSPS) is 14.5. The molecule has 1 fully saturated rings. The lowest BCUT2D eigenvalue weighted by Gasteiger charge is -2.14. The van der Waals surface area contributed by atoms with Gasteiger partial charge >= 0.3 is 0 Å². The second kappa shape index (κ2) is 11.0. The molecule has 1 aromatic heterocycles. The number of nitrogens with one attached hydrogen (secondary N) is 1. The van der Waals surface area contributed by atoms with Gasteiger partial charge in [0.1, 0.15) is 16.4 Å². The fourth-order valence-corrected chi connectivity index (χ4v) is 5.15. The van der Waals surface area contributed by atoms with Gasteiger partial charge in [-0.15, -0.1) is 0 Å². The standard InChI is InChI=1S/C26H26N4O4S2/c1-17-23(24(32)30(28(17)2)19-8-5-4-6-9-19)27-22(31)10-7-15-29-25(35)21(36-26(29)33)16-18-11-13-20(34-3)14-12-18/h4-6,8-9,11-14,16H,7,10,15H2,1-3H3,(H,27,31). The van der Waals surface area contributed by atoms with Crippen molar-refractivity contribution >= 4 is 51.9 Å². The van der Waals surface area contributed by atoms with Crippen LogP contribution in [0.25, 0.3) is 11.8 Å². The average molecular weight is 523 g/mol. The summed E-state index contributed by atoms with van der Waals surface area (Å²) in [5.74, 6) is 0.458. The lowest BCUT2D eigenvalue weighted by atomic mass is 10.2. The third-order valence-electron chi connectivity index (χ3n) is 5.89. The Morgan fingerprint density at radius 2 is 1.81 bits per heavy atom. The van der Waals surface area contributed by atoms with Crippen LogP contribution in [-0.4, -0.2) is 44.1 Å². The van der Waals surface area contributed by atoms with Crippen LogP contribution in [0.15, 0.2) is 64.3 Å². The smallest absolute Gasteiger partial charge is 0.295 e. The van der Waals surface area contributed by atoms with Gasteiger partial charge in [0, 0.05) is 20.0 Å². The van der Waals surface area contributed by atoms with Gasteiger partial charge in [-0.05, 0) is 61.0 Å². The van der Waals surface area contributed by atoms with Gasteiger partial charge in [0.2, 0.25) is 5.91 Å². The minimum Gasteiger partial charge on any atom is -0.497 e. The Morgan fingerprint density at radius 1 is 1.11 bits per heavy atom.